The molecule has 20 heavy (non-hydrogen) atoms. The number of nitrogens with zero attached hydrogens (tertiary/aromatic N) is 2. The molecule has 0 rings (SSSR count). The first-order chi connectivity index (χ1) is 9.32. The molecule has 0 fully saturated rings. The smallest absolute Gasteiger partial charge is 0.449 e. The molecule has 0 saturated carbocycles. The van der Waals surface area contributed by atoms with Gasteiger partial charge in [-0.05, 0) is 20.1 Å². The molecule has 110 valence electrons. The zero-order chi connectivity index (χ0) is 15.6. The number of carbonyl (C=O) groups excluding carboxylic acids is 1. The van der Waals surface area contributed by atoms with Gasteiger partial charge in [0.15, 0.2) is 0 Å². The molecule has 0 atom stereocenters. The Morgan fingerprint density at radius 3 is 2.55 bits per heavy atom. The van der Waals surface area contributed by atoms with Gasteiger partial charge in [0.2, 0.25) is 5.78 Å². The number of Topliss-reactive ketones (excluding diaryl/α,β-unsaturated/α-hetero) is 1. The Labute approximate surface area is 114 Å². The van der Waals surface area contributed by atoms with E-state index in [0.717, 1.165) is 12.5 Å². The van der Waals surface area contributed by atoms with Gasteiger partial charge < -0.3 is 5.11 Å². The third kappa shape index (κ3) is 7.30. The third-order valence-corrected chi connectivity index (χ3v) is 2.13. The molecular formula is C13H15F3N2O2. The SMILES string of the molecule is C=N/C=C(/C=C/CCC(=O)C(F)(F)F)C(\C)=N/C=C/O. The van der Waals surface area contributed by atoms with Gasteiger partial charge in [-0.2, -0.15) is 13.2 Å². The van der Waals surface area contributed by atoms with Crippen molar-refractivity contribution in [1.82, 2.24) is 0 Å². The van der Waals surface area contributed by atoms with Crippen molar-refractivity contribution in [3.63, 3.8) is 0 Å². The molecule has 0 aliphatic rings. The molecule has 0 saturated heterocycles. The van der Waals surface area contributed by atoms with E-state index in [1.807, 2.05) is 0 Å². The number of hydrogen-bond donors (Lipinski definition) is 1. The number of ketones is 1. The first-order valence-corrected chi connectivity index (χ1v) is 5.59. The van der Waals surface area contributed by atoms with Crippen LogP contribution in [-0.4, -0.2) is 29.5 Å². The lowest BCUT2D eigenvalue weighted by atomic mass is 10.1. The van der Waals surface area contributed by atoms with Crippen LogP contribution in [0.4, 0.5) is 13.2 Å². The minimum atomic E-state index is -4.79. The van der Waals surface area contributed by atoms with Gasteiger partial charge in [0.1, 0.15) is 0 Å². The van der Waals surface area contributed by atoms with Crippen LogP contribution in [0.15, 0.2) is 46.4 Å². The van der Waals surface area contributed by atoms with Crippen LogP contribution in [0.2, 0.25) is 0 Å². The van der Waals surface area contributed by atoms with Gasteiger partial charge >= 0.3 is 6.18 Å². The van der Waals surface area contributed by atoms with Crippen LogP contribution in [0.1, 0.15) is 19.8 Å². The fraction of sp³-hybridized carbons (Fsp3) is 0.308. The van der Waals surface area contributed by atoms with E-state index < -0.39 is 18.4 Å². The maximum atomic E-state index is 12.0. The molecule has 0 unspecified atom stereocenters. The summed E-state index contributed by atoms with van der Waals surface area (Å²) in [5.41, 5.74) is 0.999. The number of aliphatic hydroxyl groups excluding tert-OH is 1. The normalized spacial score (nSPS) is 14.2. The van der Waals surface area contributed by atoms with E-state index in [-0.39, 0.29) is 6.42 Å². The van der Waals surface area contributed by atoms with E-state index in [4.69, 9.17) is 5.11 Å². The van der Waals surface area contributed by atoms with Gasteiger partial charge in [-0.1, -0.05) is 12.2 Å². The molecule has 0 aliphatic heterocycles. The Kier molecular flexibility index (Phi) is 7.88. The average molecular weight is 288 g/mol. The number of allylic oxidation sites excluding steroid dienone is 3. The fourth-order valence-corrected chi connectivity index (χ4v) is 1.14. The molecule has 4 nitrogen and oxygen atoms in total. The van der Waals surface area contributed by atoms with Crippen molar-refractivity contribution in [3.05, 3.63) is 36.4 Å². The van der Waals surface area contributed by atoms with Crippen molar-refractivity contribution in [2.75, 3.05) is 0 Å². The van der Waals surface area contributed by atoms with Crippen molar-refractivity contribution in [1.29, 1.82) is 0 Å². The van der Waals surface area contributed by atoms with Crippen LogP contribution in [0.3, 0.4) is 0 Å². The molecule has 7 heteroatoms. The van der Waals surface area contributed by atoms with Gasteiger partial charge in [0, 0.05) is 23.9 Å². The van der Waals surface area contributed by atoms with Crippen LogP contribution >= 0.6 is 0 Å². The number of rotatable bonds is 7. The van der Waals surface area contributed by atoms with Crippen molar-refractivity contribution in [3.8, 4) is 0 Å². The number of halogens is 3. The Morgan fingerprint density at radius 2 is 2.05 bits per heavy atom. The van der Waals surface area contributed by atoms with Gasteiger partial charge in [-0.15, -0.1) is 0 Å². The second-order valence-electron chi connectivity index (χ2n) is 3.64. The van der Waals surface area contributed by atoms with E-state index in [0.29, 0.717) is 11.3 Å². The van der Waals surface area contributed by atoms with Crippen molar-refractivity contribution < 1.29 is 23.1 Å². The summed E-state index contributed by atoms with van der Waals surface area (Å²) in [5.74, 6) is -1.76. The molecule has 0 radical (unpaired) electrons. The third-order valence-electron chi connectivity index (χ3n) is 2.13. The second kappa shape index (κ2) is 8.84. The molecule has 0 heterocycles. The molecule has 0 amide bonds. The molecule has 0 aromatic carbocycles. The maximum Gasteiger partial charge on any atom is 0.449 e. The monoisotopic (exact) mass is 288 g/mol. The topological polar surface area (TPSA) is 62.0 Å². The molecule has 1 N–H and O–H groups in total. The number of carbonyl (C=O) groups is 1. The quantitative estimate of drug-likeness (QED) is 0.442. The van der Waals surface area contributed by atoms with Crippen molar-refractivity contribution in [2.24, 2.45) is 9.98 Å². The number of aliphatic hydroxyl groups is 1. The number of alkyl halides is 3. The van der Waals surface area contributed by atoms with E-state index in [1.54, 1.807) is 6.92 Å². The maximum absolute atomic E-state index is 12.0. The molecule has 0 aliphatic carbocycles. The fourth-order valence-electron chi connectivity index (χ4n) is 1.14. The number of hydrogen-bond acceptors (Lipinski definition) is 4. The average Bonchev–Trinajstić information content (AvgIpc) is 2.38. The lowest BCUT2D eigenvalue weighted by molar-refractivity contribution is -0.170. The largest absolute Gasteiger partial charge is 0.514 e. The van der Waals surface area contributed by atoms with Crippen molar-refractivity contribution in [2.45, 2.75) is 25.9 Å². The van der Waals surface area contributed by atoms with Gasteiger partial charge in [-0.3, -0.25) is 14.8 Å². The molecule has 0 aromatic rings. The molecular weight excluding hydrogens is 273 g/mol. The summed E-state index contributed by atoms with van der Waals surface area (Å²) in [6.07, 6.45) is 0.717. The predicted molar refractivity (Wildman–Crippen MR) is 71.9 cm³/mol. The first kappa shape index (κ1) is 17.8. The van der Waals surface area contributed by atoms with Crippen LogP contribution < -0.4 is 0 Å². The van der Waals surface area contributed by atoms with Gasteiger partial charge in [0.05, 0.1) is 12.5 Å². The van der Waals surface area contributed by atoms with E-state index in [9.17, 15) is 18.0 Å². The summed E-state index contributed by atoms with van der Waals surface area (Å²) >= 11 is 0. The zero-order valence-corrected chi connectivity index (χ0v) is 10.9. The Balaban J connectivity index is 4.64. The summed E-state index contributed by atoms with van der Waals surface area (Å²) in [5, 5.41) is 8.47. The highest BCUT2D eigenvalue weighted by Gasteiger charge is 2.36. The Morgan fingerprint density at radius 1 is 1.40 bits per heavy atom. The minimum absolute atomic E-state index is 0.0457. The highest BCUT2D eigenvalue weighted by Crippen LogP contribution is 2.18. The van der Waals surface area contributed by atoms with E-state index >= 15 is 0 Å². The summed E-state index contributed by atoms with van der Waals surface area (Å²) < 4.78 is 35.9. The van der Waals surface area contributed by atoms with Crippen LogP contribution in [-0.2, 0) is 4.79 Å². The Bertz CT molecular complexity index is 461. The molecule has 0 spiro atoms. The lowest BCUT2D eigenvalue weighted by Crippen LogP contribution is -2.21. The van der Waals surface area contributed by atoms with Crippen LogP contribution in [0.25, 0.3) is 0 Å². The molecule has 0 aromatic heterocycles. The minimum Gasteiger partial charge on any atom is -0.514 e. The second-order valence-corrected chi connectivity index (χ2v) is 3.64. The number of aliphatic imine (C=N–C) groups is 2. The predicted octanol–water partition coefficient (Wildman–Crippen LogP) is 3.53. The van der Waals surface area contributed by atoms with Gasteiger partial charge in [-0.25, -0.2) is 0 Å². The lowest BCUT2D eigenvalue weighted by Gasteiger charge is -2.02. The highest BCUT2D eigenvalue weighted by molar-refractivity contribution is 6.01. The summed E-state index contributed by atoms with van der Waals surface area (Å²) in [6.45, 7) is 4.89. The van der Waals surface area contributed by atoms with Crippen molar-refractivity contribution >= 4 is 18.2 Å². The summed E-state index contributed by atoms with van der Waals surface area (Å²) in [6, 6.07) is 0. The summed E-state index contributed by atoms with van der Waals surface area (Å²) in [7, 11) is 0. The zero-order valence-electron chi connectivity index (χ0n) is 10.9. The first-order valence-electron chi connectivity index (χ1n) is 5.59. The van der Waals surface area contributed by atoms with E-state index in [1.165, 1.54) is 18.4 Å². The standard InChI is InChI=1S/C13H15F3N2O2/c1-10(18-7-8-19)11(9-17-2)5-3-4-6-12(20)13(14,15)16/h3,5,7-9,19H,2,4,6H2,1H3/b5-3+,8-7+,11-9-,18-10-. The van der Waals surface area contributed by atoms with E-state index in [2.05, 4.69) is 16.7 Å². The van der Waals surface area contributed by atoms with Crippen LogP contribution in [0.5, 0.6) is 0 Å². The molecule has 0 bridgehead atoms. The summed E-state index contributed by atoms with van der Waals surface area (Å²) in [4.78, 5) is 18.0. The highest BCUT2D eigenvalue weighted by atomic mass is 19.4. The van der Waals surface area contributed by atoms with Gasteiger partial charge in [0.25, 0.3) is 0 Å². The Hall–Kier alpha value is -2.18. The van der Waals surface area contributed by atoms with Crippen LogP contribution in [0, 0.1) is 0 Å².